The Morgan fingerprint density at radius 3 is 1.83 bits per heavy atom. The van der Waals surface area contributed by atoms with E-state index in [0.29, 0.717) is 6.61 Å². The Hall–Kier alpha value is -1.30. The molecule has 1 amide bonds. The Bertz CT molecular complexity index is 325. The summed E-state index contributed by atoms with van der Waals surface area (Å²) < 4.78 is 5.04. The summed E-state index contributed by atoms with van der Waals surface area (Å²) in [5.41, 5.74) is 1.76. The molecule has 6 nitrogen and oxygen atoms in total. The van der Waals surface area contributed by atoms with E-state index in [1.54, 1.807) is 20.8 Å². The SMILES string of the molecule is CC(C)(C)OC(=O)NOCCCCCCCCCCCC(=O)O. The molecule has 0 saturated carbocycles. The van der Waals surface area contributed by atoms with Crippen LogP contribution in [0.4, 0.5) is 4.79 Å². The molecule has 0 atom stereocenters. The molecule has 2 N–H and O–H groups in total. The molecular formula is C17H33NO5. The molecule has 0 fully saturated rings. The maximum Gasteiger partial charge on any atom is 0.431 e. The molecule has 0 aromatic rings. The summed E-state index contributed by atoms with van der Waals surface area (Å²) >= 11 is 0. The van der Waals surface area contributed by atoms with E-state index < -0.39 is 17.7 Å². The molecule has 0 radical (unpaired) electrons. The number of aliphatic carboxylic acids is 1. The van der Waals surface area contributed by atoms with Crippen molar-refractivity contribution < 1.29 is 24.3 Å². The maximum absolute atomic E-state index is 11.3. The average Bonchev–Trinajstić information content (AvgIpc) is 2.41. The predicted octanol–water partition coefficient (Wildman–Crippen LogP) is 4.43. The summed E-state index contributed by atoms with van der Waals surface area (Å²) in [5, 5.41) is 8.51. The van der Waals surface area contributed by atoms with Gasteiger partial charge in [0.2, 0.25) is 0 Å². The lowest BCUT2D eigenvalue weighted by molar-refractivity contribution is -0.137. The Morgan fingerprint density at radius 2 is 1.35 bits per heavy atom. The molecule has 0 unspecified atom stereocenters. The smallest absolute Gasteiger partial charge is 0.431 e. The van der Waals surface area contributed by atoms with Crippen molar-refractivity contribution in [3.63, 3.8) is 0 Å². The Kier molecular flexibility index (Phi) is 12.4. The summed E-state index contributed by atoms with van der Waals surface area (Å²) in [4.78, 5) is 26.7. The Labute approximate surface area is 139 Å². The van der Waals surface area contributed by atoms with Crippen molar-refractivity contribution >= 4 is 12.1 Å². The fourth-order valence-electron chi connectivity index (χ4n) is 2.10. The third-order valence-electron chi connectivity index (χ3n) is 3.19. The summed E-state index contributed by atoms with van der Waals surface area (Å²) in [6.45, 7) is 5.91. The molecule has 6 heteroatoms. The van der Waals surface area contributed by atoms with Gasteiger partial charge in [-0.05, 0) is 33.6 Å². The van der Waals surface area contributed by atoms with Gasteiger partial charge in [0.05, 0.1) is 6.61 Å². The van der Waals surface area contributed by atoms with E-state index in [1.165, 1.54) is 19.3 Å². The third kappa shape index (κ3) is 18.7. The van der Waals surface area contributed by atoms with Gasteiger partial charge in [-0.15, -0.1) is 0 Å². The Balaban J connectivity index is 3.19. The molecular weight excluding hydrogens is 298 g/mol. The van der Waals surface area contributed by atoms with E-state index in [4.69, 9.17) is 14.7 Å². The molecule has 0 aromatic heterocycles. The fraction of sp³-hybridized carbons (Fsp3) is 0.882. The van der Waals surface area contributed by atoms with Crippen LogP contribution in [0.5, 0.6) is 0 Å². The van der Waals surface area contributed by atoms with Gasteiger partial charge >= 0.3 is 12.1 Å². The summed E-state index contributed by atoms with van der Waals surface area (Å²) in [5.74, 6) is -0.701. The average molecular weight is 331 g/mol. The third-order valence-corrected chi connectivity index (χ3v) is 3.19. The molecule has 0 rings (SSSR count). The minimum Gasteiger partial charge on any atom is -0.481 e. The number of carboxylic acids is 1. The number of unbranched alkanes of at least 4 members (excludes halogenated alkanes) is 8. The number of hydroxylamine groups is 1. The quantitative estimate of drug-likeness (QED) is 0.385. The first-order chi connectivity index (χ1) is 10.8. The van der Waals surface area contributed by atoms with Crippen LogP contribution in [0.25, 0.3) is 0 Å². The van der Waals surface area contributed by atoms with Gasteiger partial charge in [-0.3, -0.25) is 9.63 Å². The predicted molar refractivity (Wildman–Crippen MR) is 89.1 cm³/mol. The highest BCUT2D eigenvalue weighted by molar-refractivity contribution is 5.66. The van der Waals surface area contributed by atoms with Crippen LogP contribution in [0, 0.1) is 0 Å². The van der Waals surface area contributed by atoms with Gasteiger partial charge in [0.1, 0.15) is 5.60 Å². The van der Waals surface area contributed by atoms with E-state index in [9.17, 15) is 9.59 Å². The minimum atomic E-state index is -0.701. The number of carboxylic acid groups (broad SMARTS) is 1. The van der Waals surface area contributed by atoms with E-state index in [1.807, 2.05) is 0 Å². The molecule has 0 spiro atoms. The lowest BCUT2D eigenvalue weighted by Gasteiger charge is -2.19. The summed E-state index contributed by atoms with van der Waals surface area (Å²) in [6, 6.07) is 0. The highest BCUT2D eigenvalue weighted by Gasteiger charge is 2.15. The zero-order chi connectivity index (χ0) is 17.6. The van der Waals surface area contributed by atoms with Gasteiger partial charge in [0.15, 0.2) is 0 Å². The number of hydrogen-bond acceptors (Lipinski definition) is 4. The normalized spacial score (nSPS) is 11.3. The van der Waals surface area contributed by atoms with Gasteiger partial charge in [-0.2, -0.15) is 5.48 Å². The van der Waals surface area contributed by atoms with Crippen LogP contribution in [0.2, 0.25) is 0 Å². The zero-order valence-corrected chi connectivity index (χ0v) is 14.9. The maximum atomic E-state index is 11.3. The van der Waals surface area contributed by atoms with Crippen LogP contribution in [-0.4, -0.2) is 29.4 Å². The van der Waals surface area contributed by atoms with Crippen LogP contribution in [-0.2, 0) is 14.4 Å². The molecule has 136 valence electrons. The van der Waals surface area contributed by atoms with Gasteiger partial charge < -0.3 is 9.84 Å². The highest BCUT2D eigenvalue weighted by Crippen LogP contribution is 2.10. The van der Waals surface area contributed by atoms with Crippen LogP contribution in [0.3, 0.4) is 0 Å². The van der Waals surface area contributed by atoms with E-state index >= 15 is 0 Å². The molecule has 0 aliphatic heterocycles. The van der Waals surface area contributed by atoms with Crippen LogP contribution in [0.15, 0.2) is 0 Å². The van der Waals surface area contributed by atoms with Crippen molar-refractivity contribution in [3.8, 4) is 0 Å². The van der Waals surface area contributed by atoms with Gasteiger partial charge in [-0.25, -0.2) is 4.79 Å². The van der Waals surface area contributed by atoms with Crippen LogP contribution >= 0.6 is 0 Å². The molecule has 0 heterocycles. The molecule has 0 saturated heterocycles. The van der Waals surface area contributed by atoms with Crippen molar-refractivity contribution in [1.29, 1.82) is 0 Å². The first-order valence-electron chi connectivity index (χ1n) is 8.64. The molecule has 0 bridgehead atoms. The van der Waals surface area contributed by atoms with Crippen molar-refractivity contribution in [2.75, 3.05) is 6.61 Å². The van der Waals surface area contributed by atoms with Crippen LogP contribution in [0.1, 0.15) is 85.0 Å². The van der Waals surface area contributed by atoms with Crippen molar-refractivity contribution in [2.45, 2.75) is 90.6 Å². The topological polar surface area (TPSA) is 84.9 Å². The number of ether oxygens (including phenoxy) is 1. The number of rotatable bonds is 13. The standard InChI is InChI=1S/C17H33NO5/c1-17(2,3)23-16(21)18-22-14-12-10-8-6-4-5-7-9-11-13-15(19)20/h4-14H2,1-3H3,(H,18,21)(H,19,20). The Morgan fingerprint density at radius 1 is 0.870 bits per heavy atom. The lowest BCUT2D eigenvalue weighted by Crippen LogP contribution is -2.32. The molecule has 0 aliphatic rings. The highest BCUT2D eigenvalue weighted by atomic mass is 16.7. The second-order valence-electron chi connectivity index (χ2n) is 6.78. The molecule has 23 heavy (non-hydrogen) atoms. The first kappa shape index (κ1) is 21.7. The second-order valence-corrected chi connectivity index (χ2v) is 6.78. The number of amides is 1. The zero-order valence-electron chi connectivity index (χ0n) is 14.9. The fourth-order valence-corrected chi connectivity index (χ4v) is 2.10. The van der Waals surface area contributed by atoms with Crippen molar-refractivity contribution in [2.24, 2.45) is 0 Å². The first-order valence-corrected chi connectivity index (χ1v) is 8.64. The monoisotopic (exact) mass is 331 g/mol. The van der Waals surface area contributed by atoms with E-state index in [2.05, 4.69) is 5.48 Å². The van der Waals surface area contributed by atoms with E-state index in [0.717, 1.165) is 38.5 Å². The largest absolute Gasteiger partial charge is 0.481 e. The summed E-state index contributed by atoms with van der Waals surface area (Å²) in [6.07, 6.45) is 9.37. The van der Waals surface area contributed by atoms with Gasteiger partial charge in [0, 0.05) is 6.42 Å². The van der Waals surface area contributed by atoms with E-state index in [-0.39, 0.29) is 6.42 Å². The number of carbonyl (C=O) groups is 2. The lowest BCUT2D eigenvalue weighted by atomic mass is 10.1. The van der Waals surface area contributed by atoms with Crippen molar-refractivity contribution in [1.82, 2.24) is 5.48 Å². The number of nitrogens with one attached hydrogen (secondary N) is 1. The van der Waals surface area contributed by atoms with Gasteiger partial charge in [-0.1, -0.05) is 44.9 Å². The molecule has 0 aromatic carbocycles. The second kappa shape index (κ2) is 13.2. The minimum absolute atomic E-state index is 0.289. The number of hydrogen-bond donors (Lipinski definition) is 2. The van der Waals surface area contributed by atoms with Crippen molar-refractivity contribution in [3.05, 3.63) is 0 Å². The molecule has 0 aliphatic carbocycles. The van der Waals surface area contributed by atoms with Crippen LogP contribution < -0.4 is 5.48 Å². The summed E-state index contributed by atoms with van der Waals surface area (Å²) in [7, 11) is 0. The van der Waals surface area contributed by atoms with Gasteiger partial charge in [0.25, 0.3) is 0 Å². The number of carbonyl (C=O) groups excluding carboxylic acids is 1.